The molecule has 8 heteroatoms. The third-order valence-electron chi connectivity index (χ3n) is 3.97. The Morgan fingerprint density at radius 3 is 2.57 bits per heavy atom. The normalized spacial score (nSPS) is 18.7. The van der Waals surface area contributed by atoms with E-state index in [9.17, 15) is 23.1 Å². The zero-order valence-corrected chi connectivity index (χ0v) is 13.3. The first kappa shape index (κ1) is 18.0. The van der Waals surface area contributed by atoms with E-state index in [-0.39, 0.29) is 16.8 Å². The van der Waals surface area contributed by atoms with E-state index in [4.69, 9.17) is 11.6 Å². The van der Waals surface area contributed by atoms with Gasteiger partial charge in [0.1, 0.15) is 0 Å². The van der Waals surface area contributed by atoms with Crippen LogP contribution in [0.3, 0.4) is 0 Å². The zero-order valence-electron chi connectivity index (χ0n) is 12.5. The topological polar surface area (TPSA) is 52.6 Å². The Morgan fingerprint density at radius 2 is 2.00 bits per heavy atom. The number of aliphatic hydroxyl groups is 1. The average Bonchev–Trinajstić information content (AvgIpc) is 2.48. The van der Waals surface area contributed by atoms with Crippen molar-refractivity contribution in [2.45, 2.75) is 38.1 Å². The van der Waals surface area contributed by atoms with Crippen LogP contribution in [-0.4, -0.2) is 41.1 Å². The lowest BCUT2D eigenvalue weighted by molar-refractivity contribution is -0.137. The molecule has 0 aromatic heterocycles. The summed E-state index contributed by atoms with van der Waals surface area (Å²) in [6.07, 6.45) is -3.89. The highest BCUT2D eigenvalue weighted by Gasteiger charge is 2.35. The van der Waals surface area contributed by atoms with Crippen LogP contribution >= 0.6 is 11.6 Å². The van der Waals surface area contributed by atoms with Crippen molar-refractivity contribution in [3.8, 4) is 0 Å². The maximum Gasteiger partial charge on any atom is 0.418 e. The molecular formula is C15H18ClF3N2O2. The second-order valence-electron chi connectivity index (χ2n) is 5.62. The predicted molar refractivity (Wildman–Crippen MR) is 81.4 cm³/mol. The number of hydrogen-bond donors (Lipinski definition) is 2. The van der Waals surface area contributed by atoms with Crippen LogP contribution in [-0.2, 0) is 11.0 Å². The van der Waals surface area contributed by atoms with Crippen LogP contribution in [0.4, 0.5) is 18.9 Å². The molecule has 0 radical (unpaired) electrons. The molecule has 4 nitrogen and oxygen atoms in total. The van der Waals surface area contributed by atoms with Crippen molar-refractivity contribution in [1.82, 2.24) is 4.90 Å². The maximum atomic E-state index is 13.0. The largest absolute Gasteiger partial charge is 0.418 e. The quantitative estimate of drug-likeness (QED) is 0.880. The van der Waals surface area contributed by atoms with Gasteiger partial charge in [0.05, 0.1) is 23.4 Å². The lowest BCUT2D eigenvalue weighted by Crippen LogP contribution is -2.47. The van der Waals surface area contributed by atoms with Gasteiger partial charge in [0.2, 0.25) is 5.91 Å². The fourth-order valence-electron chi connectivity index (χ4n) is 2.54. The average molecular weight is 351 g/mol. The molecule has 1 saturated heterocycles. The van der Waals surface area contributed by atoms with Gasteiger partial charge in [0.25, 0.3) is 0 Å². The first-order valence-electron chi connectivity index (χ1n) is 7.28. The lowest BCUT2D eigenvalue weighted by atomic mass is 10.1. The number of likely N-dealkylation sites (tertiary alicyclic amines) is 1. The van der Waals surface area contributed by atoms with Gasteiger partial charge >= 0.3 is 6.18 Å². The number of piperidine rings is 1. The van der Waals surface area contributed by atoms with Crippen molar-refractivity contribution in [3.05, 3.63) is 28.8 Å². The molecule has 1 fully saturated rings. The van der Waals surface area contributed by atoms with Crippen LogP contribution < -0.4 is 5.32 Å². The summed E-state index contributed by atoms with van der Waals surface area (Å²) in [5.74, 6) is -0.519. The molecule has 2 N–H and O–H groups in total. The van der Waals surface area contributed by atoms with E-state index in [0.717, 1.165) is 12.1 Å². The van der Waals surface area contributed by atoms with E-state index in [1.54, 1.807) is 6.92 Å². The van der Waals surface area contributed by atoms with E-state index < -0.39 is 23.7 Å². The second kappa shape index (κ2) is 7.07. The van der Waals surface area contributed by atoms with Gasteiger partial charge in [-0.3, -0.25) is 9.69 Å². The first-order chi connectivity index (χ1) is 10.7. The monoisotopic (exact) mass is 350 g/mol. The summed E-state index contributed by atoms with van der Waals surface area (Å²) < 4.78 is 39.1. The van der Waals surface area contributed by atoms with Gasteiger partial charge < -0.3 is 10.4 Å². The van der Waals surface area contributed by atoms with Gasteiger partial charge in [0, 0.05) is 18.1 Å². The number of carbonyl (C=O) groups excluding carboxylic acids is 1. The Hall–Kier alpha value is -1.31. The Kier molecular flexibility index (Phi) is 5.54. The third-order valence-corrected chi connectivity index (χ3v) is 4.21. The number of halogens is 4. The standard InChI is InChI=1S/C15H18ClF3N2O2/c1-9(21-6-4-11(22)5-7-21)14(23)20-13-3-2-10(16)8-12(13)15(17,18)19/h2-3,8-9,11,22H,4-7H2,1H3,(H,20,23). The Morgan fingerprint density at radius 1 is 1.39 bits per heavy atom. The summed E-state index contributed by atoms with van der Waals surface area (Å²) in [4.78, 5) is 14.1. The number of carbonyl (C=O) groups is 1. The minimum Gasteiger partial charge on any atom is -0.393 e. The molecule has 0 aliphatic carbocycles. The fraction of sp³-hybridized carbons (Fsp3) is 0.533. The van der Waals surface area contributed by atoms with Crippen molar-refractivity contribution in [3.63, 3.8) is 0 Å². The molecule has 1 unspecified atom stereocenters. The highest BCUT2D eigenvalue weighted by Crippen LogP contribution is 2.36. The number of nitrogens with zero attached hydrogens (tertiary/aromatic N) is 1. The molecule has 1 atom stereocenters. The number of rotatable bonds is 3. The van der Waals surface area contributed by atoms with Gasteiger partial charge in [-0.2, -0.15) is 13.2 Å². The van der Waals surface area contributed by atoms with Crippen LogP contribution in [0.2, 0.25) is 5.02 Å². The molecule has 1 aliphatic rings. The molecule has 1 aliphatic heterocycles. The van der Waals surface area contributed by atoms with E-state index >= 15 is 0 Å². The Balaban J connectivity index is 2.11. The van der Waals surface area contributed by atoms with Crippen molar-refractivity contribution in [1.29, 1.82) is 0 Å². The van der Waals surface area contributed by atoms with Crippen LogP contribution in [0.1, 0.15) is 25.3 Å². The van der Waals surface area contributed by atoms with Crippen molar-refractivity contribution < 1.29 is 23.1 Å². The molecule has 2 rings (SSSR count). The number of benzene rings is 1. The maximum absolute atomic E-state index is 13.0. The highest BCUT2D eigenvalue weighted by atomic mass is 35.5. The molecule has 0 spiro atoms. The van der Waals surface area contributed by atoms with Crippen LogP contribution in [0.15, 0.2) is 18.2 Å². The fourth-order valence-corrected chi connectivity index (χ4v) is 2.71. The number of amides is 1. The Bertz CT molecular complexity index is 572. The number of aliphatic hydroxyl groups excluding tert-OH is 1. The summed E-state index contributed by atoms with van der Waals surface area (Å²) in [6, 6.07) is 2.66. The zero-order chi connectivity index (χ0) is 17.2. The molecule has 0 saturated carbocycles. The summed E-state index contributed by atoms with van der Waals surface area (Å²) in [5.41, 5.74) is -1.28. The van der Waals surface area contributed by atoms with E-state index in [1.165, 1.54) is 6.07 Å². The Labute approximate surface area is 137 Å². The minimum absolute atomic E-state index is 0.0478. The molecular weight excluding hydrogens is 333 g/mol. The van der Waals surface area contributed by atoms with Crippen molar-refractivity contribution in [2.24, 2.45) is 0 Å². The first-order valence-corrected chi connectivity index (χ1v) is 7.66. The van der Waals surface area contributed by atoms with Crippen LogP contribution in [0.25, 0.3) is 0 Å². The summed E-state index contributed by atoms with van der Waals surface area (Å²) in [5, 5.41) is 11.8. The molecule has 1 heterocycles. The van der Waals surface area contributed by atoms with Crippen molar-refractivity contribution >= 4 is 23.2 Å². The molecule has 1 amide bonds. The van der Waals surface area contributed by atoms with Gasteiger partial charge in [-0.05, 0) is 38.0 Å². The number of nitrogens with one attached hydrogen (secondary N) is 1. The molecule has 1 aromatic rings. The molecule has 23 heavy (non-hydrogen) atoms. The van der Waals surface area contributed by atoms with Crippen LogP contribution in [0, 0.1) is 0 Å². The second-order valence-corrected chi connectivity index (χ2v) is 6.06. The molecule has 128 valence electrons. The predicted octanol–water partition coefficient (Wildman–Crippen LogP) is 3.14. The number of alkyl halides is 3. The van der Waals surface area contributed by atoms with Gasteiger partial charge in [0.15, 0.2) is 0 Å². The highest BCUT2D eigenvalue weighted by molar-refractivity contribution is 6.30. The molecule has 1 aromatic carbocycles. The van der Waals surface area contributed by atoms with E-state index in [0.29, 0.717) is 25.9 Å². The van der Waals surface area contributed by atoms with Gasteiger partial charge in [-0.25, -0.2) is 0 Å². The van der Waals surface area contributed by atoms with Crippen molar-refractivity contribution in [2.75, 3.05) is 18.4 Å². The van der Waals surface area contributed by atoms with E-state index in [2.05, 4.69) is 5.32 Å². The third kappa shape index (κ3) is 4.59. The van der Waals surface area contributed by atoms with Crippen LogP contribution in [0.5, 0.6) is 0 Å². The smallest absolute Gasteiger partial charge is 0.393 e. The SMILES string of the molecule is CC(C(=O)Nc1ccc(Cl)cc1C(F)(F)F)N1CCC(O)CC1. The lowest BCUT2D eigenvalue weighted by Gasteiger charge is -2.33. The minimum atomic E-state index is -4.61. The summed E-state index contributed by atoms with van der Waals surface area (Å²) in [6.45, 7) is 2.70. The molecule has 0 bridgehead atoms. The number of hydrogen-bond acceptors (Lipinski definition) is 3. The number of anilines is 1. The van der Waals surface area contributed by atoms with E-state index in [1.807, 2.05) is 4.90 Å². The van der Waals surface area contributed by atoms with Gasteiger partial charge in [-0.15, -0.1) is 0 Å². The summed E-state index contributed by atoms with van der Waals surface area (Å²) in [7, 11) is 0. The van der Waals surface area contributed by atoms with Gasteiger partial charge in [-0.1, -0.05) is 11.6 Å². The summed E-state index contributed by atoms with van der Waals surface area (Å²) >= 11 is 5.61.